The van der Waals surface area contributed by atoms with Gasteiger partial charge in [0.15, 0.2) is 0 Å². The van der Waals surface area contributed by atoms with Gasteiger partial charge in [-0.05, 0) is 48.9 Å². The van der Waals surface area contributed by atoms with E-state index in [1.807, 2.05) is 36.4 Å². The van der Waals surface area contributed by atoms with Crippen molar-refractivity contribution in [2.24, 2.45) is 5.10 Å². The average Bonchev–Trinajstić information content (AvgIpc) is 3.18. The molecular formula is C19H19N5O2. The molecule has 0 unspecified atom stereocenters. The number of carbonyl (C=O) groups excluding carboxylic acids is 1. The van der Waals surface area contributed by atoms with Gasteiger partial charge in [-0.25, -0.2) is 5.43 Å². The summed E-state index contributed by atoms with van der Waals surface area (Å²) in [6.07, 6.45) is 4.09. The predicted molar refractivity (Wildman–Crippen MR) is 99.1 cm³/mol. The molecule has 2 aromatic heterocycles. The molecule has 3 rings (SSSR count). The van der Waals surface area contributed by atoms with Crippen molar-refractivity contribution < 1.29 is 9.53 Å². The zero-order chi connectivity index (χ0) is 18.2. The van der Waals surface area contributed by atoms with Gasteiger partial charge in [0.25, 0.3) is 5.91 Å². The Hall–Kier alpha value is -3.48. The van der Waals surface area contributed by atoms with E-state index in [2.05, 4.69) is 32.6 Å². The number of amides is 1. The summed E-state index contributed by atoms with van der Waals surface area (Å²) in [5.41, 5.74) is 4.99. The minimum absolute atomic E-state index is 0.324. The molecule has 7 heteroatoms. The Morgan fingerprint density at radius 3 is 2.85 bits per heavy atom. The fourth-order valence-electron chi connectivity index (χ4n) is 2.20. The smallest absolute Gasteiger partial charge is 0.289 e. The Labute approximate surface area is 151 Å². The lowest BCUT2D eigenvalue weighted by molar-refractivity contribution is 0.0950. The summed E-state index contributed by atoms with van der Waals surface area (Å²) in [4.78, 5) is 16.2. The molecule has 0 radical (unpaired) electrons. The van der Waals surface area contributed by atoms with Crippen molar-refractivity contribution in [1.82, 2.24) is 20.6 Å². The van der Waals surface area contributed by atoms with Crippen LogP contribution in [0.5, 0.6) is 5.75 Å². The number of hydrogen-bond donors (Lipinski definition) is 2. The number of benzene rings is 1. The first-order chi connectivity index (χ1) is 12.8. The van der Waals surface area contributed by atoms with E-state index in [-0.39, 0.29) is 5.91 Å². The number of H-pyrrole nitrogens is 1. The monoisotopic (exact) mass is 349 g/mol. The summed E-state index contributed by atoms with van der Waals surface area (Å²) in [6.45, 7) is 2.75. The highest BCUT2D eigenvalue weighted by atomic mass is 16.5. The van der Waals surface area contributed by atoms with Crippen LogP contribution >= 0.6 is 0 Å². The summed E-state index contributed by atoms with van der Waals surface area (Å²) in [5.74, 6) is 0.437. The summed E-state index contributed by atoms with van der Waals surface area (Å²) in [7, 11) is 0. The second-order valence-electron chi connectivity index (χ2n) is 5.49. The van der Waals surface area contributed by atoms with Crippen molar-refractivity contribution in [3.63, 3.8) is 0 Å². The largest absolute Gasteiger partial charge is 0.494 e. The van der Waals surface area contributed by atoms with Gasteiger partial charge in [0.2, 0.25) is 0 Å². The van der Waals surface area contributed by atoms with Crippen LogP contribution in [0.15, 0.2) is 59.8 Å². The molecule has 1 amide bonds. The van der Waals surface area contributed by atoms with Crippen molar-refractivity contribution in [3.05, 3.63) is 66.1 Å². The van der Waals surface area contributed by atoms with Gasteiger partial charge in [-0.15, -0.1) is 0 Å². The number of hydrazone groups is 1. The van der Waals surface area contributed by atoms with Gasteiger partial charge < -0.3 is 4.74 Å². The summed E-state index contributed by atoms with van der Waals surface area (Å²) in [6, 6.07) is 14.7. The van der Waals surface area contributed by atoms with Crippen molar-refractivity contribution in [2.75, 3.05) is 6.61 Å². The Morgan fingerprint density at radius 1 is 1.27 bits per heavy atom. The Morgan fingerprint density at radius 2 is 2.12 bits per heavy atom. The Balaban J connectivity index is 1.61. The van der Waals surface area contributed by atoms with Gasteiger partial charge in [-0.1, -0.05) is 13.0 Å². The molecule has 132 valence electrons. The van der Waals surface area contributed by atoms with Crippen LogP contribution in [0.3, 0.4) is 0 Å². The second kappa shape index (κ2) is 8.57. The molecule has 0 saturated carbocycles. The van der Waals surface area contributed by atoms with Crippen molar-refractivity contribution >= 4 is 12.1 Å². The van der Waals surface area contributed by atoms with Crippen LogP contribution < -0.4 is 10.2 Å². The molecule has 0 aliphatic heterocycles. The van der Waals surface area contributed by atoms with Crippen LogP contribution in [-0.2, 0) is 0 Å². The highest BCUT2D eigenvalue weighted by Gasteiger charge is 2.10. The van der Waals surface area contributed by atoms with Crippen LogP contribution in [0.4, 0.5) is 0 Å². The maximum atomic E-state index is 12.1. The van der Waals surface area contributed by atoms with E-state index in [9.17, 15) is 4.79 Å². The van der Waals surface area contributed by atoms with Crippen LogP contribution in [0, 0.1) is 0 Å². The minimum Gasteiger partial charge on any atom is -0.494 e. The first-order valence-electron chi connectivity index (χ1n) is 8.29. The Kier molecular flexibility index (Phi) is 5.72. The number of nitrogens with zero attached hydrogens (tertiary/aromatic N) is 3. The number of pyridine rings is 1. The molecule has 0 saturated heterocycles. The van der Waals surface area contributed by atoms with Gasteiger partial charge in [0, 0.05) is 11.8 Å². The quantitative estimate of drug-likeness (QED) is 0.506. The van der Waals surface area contributed by atoms with E-state index >= 15 is 0 Å². The fourth-order valence-corrected chi connectivity index (χ4v) is 2.20. The maximum Gasteiger partial charge on any atom is 0.289 e. The maximum absolute atomic E-state index is 12.1. The van der Waals surface area contributed by atoms with E-state index in [0.717, 1.165) is 17.7 Å². The van der Waals surface area contributed by atoms with Gasteiger partial charge in [0.05, 0.1) is 24.2 Å². The van der Waals surface area contributed by atoms with Crippen molar-refractivity contribution in [2.45, 2.75) is 13.3 Å². The third kappa shape index (κ3) is 4.54. The van der Waals surface area contributed by atoms with Crippen LogP contribution in [0.2, 0.25) is 0 Å². The minimum atomic E-state index is -0.376. The standard InChI is InChI=1S/C19H19N5O2/c1-2-11-26-16-8-6-14(7-9-16)17-12-18(23-22-17)19(25)24-21-13-15-5-3-4-10-20-15/h3-10,12-13H,2,11H2,1H3,(H,22,23)(H,24,25). The number of ether oxygens (including phenoxy) is 1. The zero-order valence-corrected chi connectivity index (χ0v) is 14.3. The van der Waals surface area contributed by atoms with E-state index in [4.69, 9.17) is 4.74 Å². The molecule has 1 aromatic carbocycles. The zero-order valence-electron chi connectivity index (χ0n) is 14.3. The van der Waals surface area contributed by atoms with E-state index < -0.39 is 0 Å². The molecule has 0 fully saturated rings. The van der Waals surface area contributed by atoms with E-state index in [0.29, 0.717) is 23.7 Å². The number of rotatable bonds is 7. The molecule has 0 aliphatic rings. The molecule has 0 spiro atoms. The van der Waals surface area contributed by atoms with Gasteiger partial charge >= 0.3 is 0 Å². The molecule has 3 aromatic rings. The molecule has 0 aliphatic carbocycles. The highest BCUT2D eigenvalue weighted by Crippen LogP contribution is 2.21. The van der Waals surface area contributed by atoms with Gasteiger partial charge in [0.1, 0.15) is 11.4 Å². The molecule has 2 heterocycles. The van der Waals surface area contributed by atoms with Gasteiger partial charge in [-0.2, -0.15) is 10.2 Å². The second-order valence-corrected chi connectivity index (χ2v) is 5.49. The summed E-state index contributed by atoms with van der Waals surface area (Å²) < 4.78 is 5.56. The van der Waals surface area contributed by atoms with E-state index in [1.165, 1.54) is 6.21 Å². The lowest BCUT2D eigenvalue weighted by atomic mass is 10.1. The molecule has 0 bridgehead atoms. The lowest BCUT2D eigenvalue weighted by Gasteiger charge is -2.04. The molecule has 7 nitrogen and oxygen atoms in total. The first-order valence-corrected chi connectivity index (χ1v) is 8.29. The third-order valence-corrected chi connectivity index (χ3v) is 3.50. The molecule has 0 atom stereocenters. The van der Waals surface area contributed by atoms with Gasteiger partial charge in [-0.3, -0.25) is 14.9 Å². The van der Waals surface area contributed by atoms with Crippen molar-refractivity contribution in [1.29, 1.82) is 0 Å². The Bertz CT molecular complexity index is 872. The topological polar surface area (TPSA) is 92.3 Å². The highest BCUT2D eigenvalue weighted by molar-refractivity contribution is 5.94. The number of aromatic amines is 1. The SMILES string of the molecule is CCCOc1ccc(-c2cc(C(=O)NN=Cc3ccccn3)[nH]n2)cc1. The average molecular weight is 349 g/mol. The van der Waals surface area contributed by atoms with Crippen molar-refractivity contribution in [3.8, 4) is 17.0 Å². The number of nitrogens with one attached hydrogen (secondary N) is 2. The number of hydrogen-bond acceptors (Lipinski definition) is 5. The summed E-state index contributed by atoms with van der Waals surface area (Å²) in [5, 5.41) is 10.8. The van der Waals surface area contributed by atoms with Crippen LogP contribution in [0.25, 0.3) is 11.3 Å². The molecular weight excluding hydrogens is 330 g/mol. The summed E-state index contributed by atoms with van der Waals surface area (Å²) >= 11 is 0. The fraction of sp³-hybridized carbons (Fsp3) is 0.158. The molecule has 26 heavy (non-hydrogen) atoms. The number of carbonyl (C=O) groups is 1. The van der Waals surface area contributed by atoms with Crippen LogP contribution in [0.1, 0.15) is 29.5 Å². The lowest BCUT2D eigenvalue weighted by Crippen LogP contribution is -2.18. The third-order valence-electron chi connectivity index (χ3n) is 3.50. The normalized spacial score (nSPS) is 10.8. The number of aromatic nitrogens is 3. The van der Waals surface area contributed by atoms with Crippen LogP contribution in [-0.4, -0.2) is 33.9 Å². The first kappa shape index (κ1) is 17.3. The predicted octanol–water partition coefficient (Wildman–Crippen LogP) is 3.02. The molecule has 2 N–H and O–H groups in total. The van der Waals surface area contributed by atoms with E-state index in [1.54, 1.807) is 18.3 Å².